The van der Waals surface area contributed by atoms with Crippen LogP contribution in [0.3, 0.4) is 0 Å². The van der Waals surface area contributed by atoms with Crippen molar-refractivity contribution < 1.29 is 32.3 Å². The first kappa shape index (κ1) is 20.2. The summed E-state index contributed by atoms with van der Waals surface area (Å²) in [5, 5.41) is 11.7. The maximum atomic E-state index is 13.3. The van der Waals surface area contributed by atoms with Gasteiger partial charge in [-0.3, -0.25) is 4.79 Å². The van der Waals surface area contributed by atoms with Crippen LogP contribution in [-0.4, -0.2) is 23.2 Å². The molecule has 144 valence electrons. The highest BCUT2D eigenvalue weighted by molar-refractivity contribution is 5.84. The predicted octanol–water partition coefficient (Wildman–Crippen LogP) is 4.13. The molecular weight excluding hydrogens is 354 g/mol. The van der Waals surface area contributed by atoms with Gasteiger partial charge in [-0.15, -0.1) is 0 Å². The Bertz CT molecular complexity index is 667. The number of nitrogens with one attached hydrogen (secondary N) is 1. The smallest absolute Gasteiger partial charge is 0.391 e. The van der Waals surface area contributed by atoms with E-state index < -0.39 is 35.8 Å². The summed E-state index contributed by atoms with van der Waals surface area (Å²) in [7, 11) is 0. The lowest BCUT2D eigenvalue weighted by Gasteiger charge is -2.29. The summed E-state index contributed by atoms with van der Waals surface area (Å²) in [5.74, 6) is -3.82. The number of alkyl halides is 3. The van der Waals surface area contributed by atoms with Gasteiger partial charge in [0, 0.05) is 6.42 Å². The molecule has 1 unspecified atom stereocenters. The third kappa shape index (κ3) is 5.19. The van der Waals surface area contributed by atoms with Gasteiger partial charge in [-0.2, -0.15) is 13.2 Å². The zero-order chi connectivity index (χ0) is 19.5. The first-order valence-corrected chi connectivity index (χ1v) is 8.43. The van der Waals surface area contributed by atoms with Crippen molar-refractivity contribution >= 4 is 11.9 Å². The molecule has 1 aliphatic carbocycles. The molecule has 1 fully saturated rings. The normalized spacial score (nSPS) is 21.9. The van der Waals surface area contributed by atoms with Crippen molar-refractivity contribution in [2.45, 2.75) is 51.2 Å². The molecule has 1 saturated carbocycles. The van der Waals surface area contributed by atoms with E-state index in [4.69, 9.17) is 0 Å². The van der Waals surface area contributed by atoms with Gasteiger partial charge in [0.05, 0.1) is 5.92 Å². The number of carbonyl (C=O) groups excluding carboxylic acids is 1. The summed E-state index contributed by atoms with van der Waals surface area (Å²) in [5.41, 5.74) is 0.499. The molecule has 1 aromatic rings. The van der Waals surface area contributed by atoms with Crippen LogP contribution in [0.5, 0.6) is 0 Å². The van der Waals surface area contributed by atoms with Crippen LogP contribution in [0.25, 0.3) is 0 Å². The number of hydrogen-bond acceptors (Lipinski definition) is 2. The second-order valence-electron chi connectivity index (χ2n) is 6.81. The Balaban J connectivity index is 1.94. The molecule has 0 heterocycles. The fourth-order valence-electron chi connectivity index (χ4n) is 3.31. The molecular formula is C18H21F4NO3. The highest BCUT2D eigenvalue weighted by Crippen LogP contribution is 2.40. The zero-order valence-electron chi connectivity index (χ0n) is 14.3. The number of carboxylic acid groups (broad SMARTS) is 1. The first-order valence-electron chi connectivity index (χ1n) is 8.43. The Morgan fingerprint density at radius 2 is 1.85 bits per heavy atom. The molecule has 1 atom stereocenters. The minimum absolute atomic E-state index is 0.0129. The molecule has 0 bridgehead atoms. The van der Waals surface area contributed by atoms with Crippen LogP contribution in [0.1, 0.15) is 49.3 Å². The summed E-state index contributed by atoms with van der Waals surface area (Å²) in [6.07, 6.45) is -3.69. The van der Waals surface area contributed by atoms with Crippen LogP contribution in [-0.2, 0) is 9.59 Å². The minimum Gasteiger partial charge on any atom is -0.479 e. The number of carboxylic acids is 1. The SMILES string of the molecule is Cc1cc(C(NC(=O)CC2CCC(C(F)(F)F)CC2)C(=O)O)ccc1F. The second-order valence-corrected chi connectivity index (χ2v) is 6.81. The molecule has 8 heteroatoms. The molecule has 0 spiro atoms. The predicted molar refractivity (Wildman–Crippen MR) is 85.8 cm³/mol. The van der Waals surface area contributed by atoms with E-state index in [1.54, 1.807) is 0 Å². The molecule has 0 saturated heterocycles. The Kier molecular flexibility index (Phi) is 6.26. The van der Waals surface area contributed by atoms with Crippen molar-refractivity contribution in [2.24, 2.45) is 11.8 Å². The van der Waals surface area contributed by atoms with E-state index in [0.29, 0.717) is 0 Å². The van der Waals surface area contributed by atoms with Crippen LogP contribution in [0.15, 0.2) is 18.2 Å². The molecule has 4 nitrogen and oxygen atoms in total. The van der Waals surface area contributed by atoms with Gasteiger partial charge in [-0.05, 0) is 55.7 Å². The number of hydrogen-bond donors (Lipinski definition) is 2. The van der Waals surface area contributed by atoms with E-state index in [1.165, 1.54) is 19.1 Å². The lowest BCUT2D eigenvalue weighted by molar-refractivity contribution is -0.184. The topological polar surface area (TPSA) is 66.4 Å². The summed E-state index contributed by atoms with van der Waals surface area (Å²) >= 11 is 0. The van der Waals surface area contributed by atoms with E-state index in [9.17, 15) is 32.3 Å². The molecule has 26 heavy (non-hydrogen) atoms. The number of halogens is 4. The van der Waals surface area contributed by atoms with Crippen LogP contribution >= 0.6 is 0 Å². The summed E-state index contributed by atoms with van der Waals surface area (Å²) in [6, 6.07) is 2.44. The average Bonchev–Trinajstić information content (AvgIpc) is 2.55. The minimum atomic E-state index is -4.21. The second kappa shape index (κ2) is 8.05. The Morgan fingerprint density at radius 3 is 2.35 bits per heavy atom. The van der Waals surface area contributed by atoms with Gasteiger partial charge in [-0.25, -0.2) is 9.18 Å². The number of aliphatic carboxylic acids is 1. The van der Waals surface area contributed by atoms with E-state index in [1.807, 2.05) is 0 Å². The lowest BCUT2D eigenvalue weighted by atomic mass is 9.80. The van der Waals surface area contributed by atoms with E-state index in [2.05, 4.69) is 5.32 Å². The fraction of sp³-hybridized carbons (Fsp3) is 0.556. The van der Waals surface area contributed by atoms with Gasteiger partial charge in [0.2, 0.25) is 5.91 Å². The largest absolute Gasteiger partial charge is 0.479 e. The van der Waals surface area contributed by atoms with Gasteiger partial charge >= 0.3 is 12.1 Å². The highest BCUT2D eigenvalue weighted by atomic mass is 19.4. The number of carbonyl (C=O) groups is 2. The van der Waals surface area contributed by atoms with Gasteiger partial charge < -0.3 is 10.4 Å². The van der Waals surface area contributed by atoms with Crippen LogP contribution in [0.2, 0.25) is 0 Å². The van der Waals surface area contributed by atoms with Gasteiger partial charge in [0.25, 0.3) is 0 Å². The Labute approximate surface area is 148 Å². The molecule has 0 radical (unpaired) electrons. The molecule has 0 aliphatic heterocycles. The van der Waals surface area contributed by atoms with Crippen molar-refractivity contribution in [3.63, 3.8) is 0 Å². The third-order valence-corrected chi connectivity index (χ3v) is 4.85. The first-order chi connectivity index (χ1) is 12.1. The molecule has 2 N–H and O–H groups in total. The molecule has 1 amide bonds. The number of rotatable bonds is 5. The summed E-state index contributed by atoms with van der Waals surface area (Å²) in [6.45, 7) is 1.48. The lowest BCUT2D eigenvalue weighted by Crippen LogP contribution is -2.36. The summed E-state index contributed by atoms with van der Waals surface area (Å²) in [4.78, 5) is 23.6. The summed E-state index contributed by atoms with van der Waals surface area (Å²) < 4.78 is 51.3. The van der Waals surface area contributed by atoms with E-state index in [0.717, 1.165) is 6.07 Å². The molecule has 2 rings (SSSR count). The Morgan fingerprint density at radius 1 is 1.23 bits per heavy atom. The quantitative estimate of drug-likeness (QED) is 0.761. The number of amides is 1. The van der Waals surface area contributed by atoms with Crippen molar-refractivity contribution in [1.29, 1.82) is 0 Å². The van der Waals surface area contributed by atoms with Crippen molar-refractivity contribution in [2.75, 3.05) is 0 Å². The Hall–Kier alpha value is -2.12. The molecule has 1 aromatic carbocycles. The van der Waals surface area contributed by atoms with Crippen molar-refractivity contribution in [3.05, 3.63) is 35.1 Å². The number of aryl methyl sites for hydroxylation is 1. The van der Waals surface area contributed by atoms with Gasteiger partial charge in [0.15, 0.2) is 6.04 Å². The standard InChI is InChI=1S/C18H21F4NO3/c1-10-8-12(4-7-14(10)19)16(17(25)26)23-15(24)9-11-2-5-13(6-3-11)18(20,21)22/h4,7-8,11,13,16H,2-3,5-6,9H2,1H3,(H,23,24)(H,25,26). The zero-order valence-corrected chi connectivity index (χ0v) is 14.3. The van der Waals surface area contributed by atoms with Crippen LogP contribution < -0.4 is 5.32 Å². The molecule has 0 aromatic heterocycles. The van der Waals surface area contributed by atoms with Crippen LogP contribution in [0, 0.1) is 24.6 Å². The van der Waals surface area contributed by atoms with E-state index in [-0.39, 0.29) is 49.1 Å². The average molecular weight is 375 g/mol. The highest BCUT2D eigenvalue weighted by Gasteiger charge is 2.41. The van der Waals surface area contributed by atoms with Crippen molar-refractivity contribution in [1.82, 2.24) is 5.32 Å². The van der Waals surface area contributed by atoms with Crippen molar-refractivity contribution in [3.8, 4) is 0 Å². The fourth-order valence-corrected chi connectivity index (χ4v) is 3.31. The molecule has 1 aliphatic rings. The number of benzene rings is 1. The van der Waals surface area contributed by atoms with E-state index >= 15 is 0 Å². The van der Waals surface area contributed by atoms with Gasteiger partial charge in [-0.1, -0.05) is 12.1 Å². The third-order valence-electron chi connectivity index (χ3n) is 4.85. The van der Waals surface area contributed by atoms with Gasteiger partial charge in [0.1, 0.15) is 5.82 Å². The maximum absolute atomic E-state index is 13.3. The maximum Gasteiger partial charge on any atom is 0.391 e. The monoisotopic (exact) mass is 375 g/mol. The van der Waals surface area contributed by atoms with Crippen LogP contribution in [0.4, 0.5) is 17.6 Å².